The predicted molar refractivity (Wildman–Crippen MR) is 199 cm³/mol. The first-order valence-electron chi connectivity index (χ1n) is 18.8. The van der Waals surface area contributed by atoms with Crippen molar-refractivity contribution < 1.29 is 52.3 Å². The Morgan fingerprint density at radius 2 is 1.51 bits per heavy atom. The van der Waals surface area contributed by atoms with E-state index in [9.17, 15) is 14.4 Å². The fourth-order valence-corrected chi connectivity index (χ4v) is 8.56. The van der Waals surface area contributed by atoms with Gasteiger partial charge in [0.1, 0.15) is 11.4 Å². The summed E-state index contributed by atoms with van der Waals surface area (Å²) in [5.74, 6) is -1.65. The quantitative estimate of drug-likeness (QED) is 0.143. The van der Waals surface area contributed by atoms with Crippen molar-refractivity contribution in [3.63, 3.8) is 0 Å². The third-order valence-electron chi connectivity index (χ3n) is 11.3. The number of fused-ring (bicyclic) bond motifs is 3. The van der Waals surface area contributed by atoms with E-state index in [0.29, 0.717) is 22.8 Å². The summed E-state index contributed by atoms with van der Waals surface area (Å²) in [5.41, 5.74) is -1.02. The van der Waals surface area contributed by atoms with Gasteiger partial charge in [0, 0.05) is 6.54 Å². The SMILES string of the molecule is COC(=O)CC(CCCC(C)(C)OC(=O)c1ccccc1)(OC(=O)c1ccccc1)C(=O)OC1C(OC)=CC23CCCN2CCc2cc4c(cc2C13)OCO4. The summed E-state index contributed by atoms with van der Waals surface area (Å²) >= 11 is 0. The molecule has 4 atom stereocenters. The zero-order valence-electron chi connectivity index (χ0n) is 31.7. The number of rotatable bonds is 13. The molecule has 3 aliphatic heterocycles. The predicted octanol–water partition coefficient (Wildman–Crippen LogP) is 6.31. The lowest BCUT2D eigenvalue weighted by atomic mass is 9.77. The number of nitrogens with zero attached hydrogens (tertiary/aromatic N) is 1. The Morgan fingerprint density at radius 1 is 0.855 bits per heavy atom. The monoisotopic (exact) mass is 753 g/mol. The average Bonchev–Trinajstić information content (AvgIpc) is 3.88. The third kappa shape index (κ3) is 7.52. The van der Waals surface area contributed by atoms with E-state index >= 15 is 4.79 Å². The number of hydrogen-bond donors (Lipinski definition) is 0. The first kappa shape index (κ1) is 37.9. The topological polar surface area (TPSA) is 136 Å². The van der Waals surface area contributed by atoms with Crippen LogP contribution in [0.5, 0.6) is 11.5 Å². The summed E-state index contributed by atoms with van der Waals surface area (Å²) in [7, 11) is 2.75. The smallest absolute Gasteiger partial charge is 0.351 e. The summed E-state index contributed by atoms with van der Waals surface area (Å²) in [5, 5.41) is 0. The molecule has 1 spiro atoms. The molecule has 7 rings (SSSR count). The molecule has 0 amide bonds. The molecule has 1 fully saturated rings. The number of carbonyl (C=O) groups excluding carboxylic acids is 4. The minimum absolute atomic E-state index is 0.116. The number of ether oxygens (including phenoxy) is 7. The Balaban J connectivity index is 1.23. The van der Waals surface area contributed by atoms with Crippen molar-refractivity contribution in [2.45, 2.75) is 87.6 Å². The lowest BCUT2D eigenvalue weighted by Gasteiger charge is -2.40. The van der Waals surface area contributed by atoms with Crippen molar-refractivity contribution in [3.8, 4) is 11.5 Å². The van der Waals surface area contributed by atoms with Crippen LogP contribution in [0.4, 0.5) is 0 Å². The van der Waals surface area contributed by atoms with Crippen molar-refractivity contribution >= 4 is 23.9 Å². The van der Waals surface area contributed by atoms with Crippen LogP contribution in [0.2, 0.25) is 0 Å². The van der Waals surface area contributed by atoms with Gasteiger partial charge in [0.05, 0.1) is 43.2 Å². The highest BCUT2D eigenvalue weighted by Crippen LogP contribution is 2.56. The van der Waals surface area contributed by atoms with Crippen LogP contribution in [0.15, 0.2) is 84.6 Å². The fraction of sp³-hybridized carbons (Fsp3) is 0.442. The highest BCUT2D eigenvalue weighted by molar-refractivity contribution is 5.94. The first-order valence-corrected chi connectivity index (χ1v) is 18.8. The molecule has 1 saturated heterocycles. The van der Waals surface area contributed by atoms with Gasteiger partial charge >= 0.3 is 23.9 Å². The fourth-order valence-electron chi connectivity index (χ4n) is 8.56. The van der Waals surface area contributed by atoms with Crippen LogP contribution in [0.3, 0.4) is 0 Å². The number of carbonyl (C=O) groups is 4. The summed E-state index contributed by atoms with van der Waals surface area (Å²) in [6.45, 7) is 5.28. The lowest BCUT2D eigenvalue weighted by molar-refractivity contribution is -0.179. The van der Waals surface area contributed by atoms with Crippen LogP contribution in [-0.2, 0) is 39.7 Å². The molecule has 0 radical (unpaired) electrons. The highest BCUT2D eigenvalue weighted by Gasteiger charge is 2.59. The van der Waals surface area contributed by atoms with Gasteiger partial charge in [0.2, 0.25) is 12.4 Å². The second kappa shape index (κ2) is 15.4. The van der Waals surface area contributed by atoms with Crippen LogP contribution in [0.25, 0.3) is 0 Å². The highest BCUT2D eigenvalue weighted by atomic mass is 16.7. The molecule has 0 N–H and O–H groups in total. The van der Waals surface area contributed by atoms with Gasteiger partial charge in [-0.25, -0.2) is 14.4 Å². The van der Waals surface area contributed by atoms with Gasteiger partial charge in [-0.05, 0) is 113 Å². The van der Waals surface area contributed by atoms with Crippen LogP contribution < -0.4 is 9.47 Å². The number of esters is 4. The Morgan fingerprint density at radius 3 is 2.16 bits per heavy atom. The van der Waals surface area contributed by atoms with Crippen LogP contribution >= 0.6 is 0 Å². The Kier molecular flexibility index (Phi) is 10.6. The summed E-state index contributed by atoms with van der Waals surface area (Å²) < 4.78 is 41.2. The number of methoxy groups -OCH3 is 2. The van der Waals surface area contributed by atoms with E-state index in [4.69, 9.17) is 33.2 Å². The maximum Gasteiger partial charge on any atom is 0.351 e. The molecule has 3 aromatic rings. The van der Waals surface area contributed by atoms with Crippen LogP contribution in [0.1, 0.15) is 90.1 Å². The largest absolute Gasteiger partial charge is 0.497 e. The molecule has 4 aliphatic rings. The normalized spacial score (nSPS) is 22.1. The van der Waals surface area contributed by atoms with Gasteiger partial charge in [0.25, 0.3) is 0 Å². The maximum absolute atomic E-state index is 15.0. The van der Waals surface area contributed by atoms with Crippen molar-refractivity contribution in [3.05, 3.63) is 107 Å². The van der Waals surface area contributed by atoms with Crippen molar-refractivity contribution in [1.29, 1.82) is 0 Å². The summed E-state index contributed by atoms with van der Waals surface area (Å²) in [6, 6.07) is 20.9. The second-order valence-corrected chi connectivity index (χ2v) is 15.2. The van der Waals surface area contributed by atoms with E-state index < -0.39 is 59.1 Å². The molecule has 0 aromatic heterocycles. The maximum atomic E-state index is 15.0. The minimum Gasteiger partial charge on any atom is -0.497 e. The molecule has 290 valence electrons. The molecule has 3 heterocycles. The molecule has 4 unspecified atom stereocenters. The van der Waals surface area contributed by atoms with Gasteiger partial charge < -0.3 is 33.2 Å². The van der Waals surface area contributed by atoms with Gasteiger partial charge in [0.15, 0.2) is 17.6 Å². The molecular weight excluding hydrogens is 706 g/mol. The molecule has 12 nitrogen and oxygen atoms in total. The molecule has 12 heteroatoms. The van der Waals surface area contributed by atoms with Gasteiger partial charge in [-0.2, -0.15) is 0 Å². The average molecular weight is 754 g/mol. The van der Waals surface area contributed by atoms with Crippen LogP contribution in [0, 0.1) is 0 Å². The summed E-state index contributed by atoms with van der Waals surface area (Å²) in [4.78, 5) is 57.5. The molecule has 1 aliphatic carbocycles. The van der Waals surface area contributed by atoms with E-state index in [2.05, 4.69) is 11.0 Å². The zero-order valence-corrected chi connectivity index (χ0v) is 31.7. The minimum atomic E-state index is -2.12. The lowest BCUT2D eigenvalue weighted by Crippen LogP contribution is -2.51. The van der Waals surface area contributed by atoms with E-state index in [1.54, 1.807) is 75.6 Å². The van der Waals surface area contributed by atoms with Gasteiger partial charge in [-0.15, -0.1) is 0 Å². The van der Waals surface area contributed by atoms with E-state index in [0.717, 1.165) is 43.5 Å². The molecule has 0 bridgehead atoms. The second-order valence-electron chi connectivity index (χ2n) is 15.2. The third-order valence-corrected chi connectivity index (χ3v) is 11.3. The zero-order chi connectivity index (χ0) is 38.8. The van der Waals surface area contributed by atoms with E-state index in [1.165, 1.54) is 7.11 Å². The Bertz CT molecular complexity index is 1960. The molecule has 3 aromatic carbocycles. The first-order chi connectivity index (χ1) is 26.5. The van der Waals surface area contributed by atoms with Crippen molar-refractivity contribution in [2.24, 2.45) is 0 Å². The van der Waals surface area contributed by atoms with Gasteiger partial charge in [-0.3, -0.25) is 9.69 Å². The summed E-state index contributed by atoms with van der Waals surface area (Å²) in [6.07, 6.45) is 3.35. The van der Waals surface area contributed by atoms with E-state index in [-0.39, 0.29) is 31.6 Å². The van der Waals surface area contributed by atoms with E-state index in [1.807, 2.05) is 18.2 Å². The standard InChI is InChI=1S/C43H47NO11/c1-41(2,54-38(46)28-13-7-5-8-14-28)18-11-20-43(26-35(45)50-4,55-39(47)29-15-9-6-10-16-29)40(48)53-37-34(49-3)25-42-19-12-21-44(42)22-17-30-23-32-33(52-27-51-32)24-31(30)36(37)42/h5-10,13-16,23-25,36-37H,11-12,17-22,26-27H2,1-4H3. The van der Waals surface area contributed by atoms with Crippen molar-refractivity contribution in [2.75, 3.05) is 34.1 Å². The number of benzene rings is 3. The number of hydrogen-bond acceptors (Lipinski definition) is 12. The molecular formula is C43H47NO11. The Hall–Kier alpha value is -5.36. The molecule has 0 saturated carbocycles. The van der Waals surface area contributed by atoms with Crippen LogP contribution in [-0.4, -0.2) is 85.7 Å². The van der Waals surface area contributed by atoms with Gasteiger partial charge in [-0.1, -0.05) is 36.4 Å². The molecule has 55 heavy (non-hydrogen) atoms. The Labute approximate surface area is 320 Å². The van der Waals surface area contributed by atoms with Crippen molar-refractivity contribution in [1.82, 2.24) is 4.90 Å².